The van der Waals surface area contributed by atoms with Gasteiger partial charge in [-0.3, -0.25) is 0 Å². The van der Waals surface area contributed by atoms with Crippen LogP contribution in [-0.2, 0) is 6.54 Å². The summed E-state index contributed by atoms with van der Waals surface area (Å²) in [4.78, 5) is 0. The van der Waals surface area contributed by atoms with Crippen LogP contribution >= 0.6 is 39.1 Å². The van der Waals surface area contributed by atoms with Gasteiger partial charge in [0.05, 0.1) is 0 Å². The number of benzene rings is 3. The van der Waals surface area contributed by atoms with Crippen molar-refractivity contribution in [2.45, 2.75) is 13.5 Å². The van der Waals surface area contributed by atoms with Crippen molar-refractivity contribution in [1.82, 2.24) is 4.57 Å². The normalized spacial score (nSPS) is 11.5. The van der Waals surface area contributed by atoms with E-state index in [4.69, 9.17) is 23.2 Å². The molecule has 0 amide bonds. The number of aryl methyl sites for hydroxylation is 1. The Bertz CT molecular complexity index is 1060. The molecule has 0 saturated carbocycles. The summed E-state index contributed by atoms with van der Waals surface area (Å²) >= 11 is 15.9. The van der Waals surface area contributed by atoms with Crippen molar-refractivity contribution in [3.05, 3.63) is 69.1 Å². The van der Waals surface area contributed by atoms with E-state index in [1.165, 1.54) is 21.8 Å². The van der Waals surface area contributed by atoms with Crippen molar-refractivity contribution in [3.8, 4) is 11.1 Å². The number of rotatable bonds is 2. The largest absolute Gasteiger partial charge is 0.341 e. The fraction of sp³-hybridized carbons (Fsp3) is 0.100. The van der Waals surface area contributed by atoms with Gasteiger partial charge in [0.1, 0.15) is 0 Å². The number of fused-ring (bicyclic) bond motifs is 3. The maximum atomic E-state index is 6.17. The molecule has 0 aliphatic rings. The molecule has 0 unspecified atom stereocenters. The summed E-state index contributed by atoms with van der Waals surface area (Å²) in [6, 6.07) is 18.6. The molecule has 4 heteroatoms. The molecule has 4 rings (SSSR count). The number of hydrogen-bond donors (Lipinski definition) is 0. The Morgan fingerprint density at radius 1 is 0.792 bits per heavy atom. The first kappa shape index (κ1) is 16.0. The van der Waals surface area contributed by atoms with Crippen molar-refractivity contribution in [1.29, 1.82) is 0 Å². The number of hydrogen-bond acceptors (Lipinski definition) is 0. The third kappa shape index (κ3) is 2.63. The molecule has 0 spiro atoms. The Kier molecular flexibility index (Phi) is 4.07. The minimum atomic E-state index is 0.649. The van der Waals surface area contributed by atoms with Crippen LogP contribution in [0.15, 0.2) is 59.1 Å². The van der Waals surface area contributed by atoms with E-state index in [1.54, 1.807) is 6.07 Å². The molecule has 24 heavy (non-hydrogen) atoms. The summed E-state index contributed by atoms with van der Waals surface area (Å²) in [6.07, 6.45) is 0. The number of aromatic nitrogens is 1. The fourth-order valence-corrected chi connectivity index (χ4v) is 4.20. The Balaban J connectivity index is 2.04. The van der Waals surface area contributed by atoms with Crippen molar-refractivity contribution in [2.24, 2.45) is 0 Å². The van der Waals surface area contributed by atoms with Gasteiger partial charge in [0.25, 0.3) is 0 Å². The van der Waals surface area contributed by atoms with Crippen LogP contribution in [0.4, 0.5) is 0 Å². The van der Waals surface area contributed by atoms with E-state index in [0.717, 1.165) is 22.1 Å². The highest BCUT2D eigenvalue weighted by molar-refractivity contribution is 9.10. The lowest BCUT2D eigenvalue weighted by Gasteiger charge is -2.06. The quantitative estimate of drug-likeness (QED) is 0.316. The van der Waals surface area contributed by atoms with Gasteiger partial charge >= 0.3 is 0 Å². The molecule has 0 N–H and O–H groups in total. The van der Waals surface area contributed by atoms with Crippen LogP contribution in [0.5, 0.6) is 0 Å². The van der Waals surface area contributed by atoms with Gasteiger partial charge < -0.3 is 4.57 Å². The smallest absolute Gasteiger partial charge is 0.0492 e. The summed E-state index contributed by atoms with van der Waals surface area (Å²) in [7, 11) is 0. The van der Waals surface area contributed by atoms with Gasteiger partial charge in [0, 0.05) is 42.9 Å². The lowest BCUT2D eigenvalue weighted by atomic mass is 10.0. The Morgan fingerprint density at radius 2 is 1.42 bits per heavy atom. The second-order valence-corrected chi connectivity index (χ2v) is 7.58. The molecular weight excluding hydrogens is 405 g/mol. The SMILES string of the molecule is CCn1c2ccc(Br)cc2c2cc(-c3cc(Cl)cc(Cl)c3)ccc21. The topological polar surface area (TPSA) is 4.93 Å². The molecule has 0 fully saturated rings. The fourth-order valence-electron chi connectivity index (χ4n) is 3.32. The molecule has 120 valence electrons. The van der Waals surface area contributed by atoms with E-state index >= 15 is 0 Å². The maximum Gasteiger partial charge on any atom is 0.0492 e. The average molecular weight is 419 g/mol. The summed E-state index contributed by atoms with van der Waals surface area (Å²) in [5.41, 5.74) is 4.63. The molecule has 0 atom stereocenters. The lowest BCUT2D eigenvalue weighted by Crippen LogP contribution is -1.92. The van der Waals surface area contributed by atoms with Gasteiger partial charge in [-0.25, -0.2) is 0 Å². The standard InChI is InChI=1S/C20H14BrCl2N/c1-2-24-19-5-3-12(13-7-15(22)11-16(23)8-13)9-17(19)18-10-14(21)4-6-20(18)24/h3-11H,2H2,1H3. The first-order valence-electron chi connectivity index (χ1n) is 7.75. The van der Waals surface area contributed by atoms with Crippen LogP contribution < -0.4 is 0 Å². The monoisotopic (exact) mass is 417 g/mol. The molecule has 0 radical (unpaired) electrons. The molecule has 1 heterocycles. The molecule has 0 aliphatic heterocycles. The van der Waals surface area contributed by atoms with E-state index in [2.05, 4.69) is 63.8 Å². The highest BCUT2D eigenvalue weighted by atomic mass is 79.9. The third-order valence-corrected chi connectivity index (χ3v) is 5.27. The summed E-state index contributed by atoms with van der Waals surface area (Å²) in [5.74, 6) is 0. The van der Waals surface area contributed by atoms with Crippen LogP contribution in [0.2, 0.25) is 10.0 Å². The van der Waals surface area contributed by atoms with Crippen molar-refractivity contribution in [3.63, 3.8) is 0 Å². The molecule has 1 aromatic heterocycles. The number of nitrogens with zero attached hydrogens (tertiary/aromatic N) is 1. The minimum absolute atomic E-state index is 0.649. The van der Waals surface area contributed by atoms with Crippen LogP contribution in [-0.4, -0.2) is 4.57 Å². The molecule has 3 aromatic carbocycles. The van der Waals surface area contributed by atoms with E-state index < -0.39 is 0 Å². The van der Waals surface area contributed by atoms with Crippen molar-refractivity contribution < 1.29 is 0 Å². The van der Waals surface area contributed by atoms with E-state index in [1.807, 2.05) is 12.1 Å². The Labute approximate surface area is 158 Å². The summed E-state index contributed by atoms with van der Waals surface area (Å²) in [6.45, 7) is 3.11. The molecule has 4 aromatic rings. The predicted octanol–water partition coefficient (Wildman–Crippen LogP) is 7.55. The first-order valence-corrected chi connectivity index (χ1v) is 9.29. The van der Waals surface area contributed by atoms with Gasteiger partial charge in [0.15, 0.2) is 0 Å². The zero-order chi connectivity index (χ0) is 16.8. The van der Waals surface area contributed by atoms with Gasteiger partial charge in [-0.2, -0.15) is 0 Å². The van der Waals surface area contributed by atoms with Gasteiger partial charge in [-0.1, -0.05) is 45.2 Å². The van der Waals surface area contributed by atoms with E-state index in [-0.39, 0.29) is 0 Å². The third-order valence-electron chi connectivity index (χ3n) is 4.34. The predicted molar refractivity (Wildman–Crippen MR) is 108 cm³/mol. The zero-order valence-electron chi connectivity index (χ0n) is 13.0. The highest BCUT2D eigenvalue weighted by Crippen LogP contribution is 2.35. The molecule has 0 saturated heterocycles. The van der Waals surface area contributed by atoms with Crippen LogP contribution in [0.3, 0.4) is 0 Å². The maximum absolute atomic E-state index is 6.17. The molecular formula is C20H14BrCl2N. The minimum Gasteiger partial charge on any atom is -0.341 e. The van der Waals surface area contributed by atoms with E-state index in [9.17, 15) is 0 Å². The Hall–Kier alpha value is -1.48. The summed E-state index contributed by atoms with van der Waals surface area (Å²) in [5, 5.41) is 3.78. The van der Waals surface area contributed by atoms with Crippen LogP contribution in [0, 0.1) is 0 Å². The van der Waals surface area contributed by atoms with Gasteiger partial charge in [-0.05, 0) is 66.6 Å². The highest BCUT2D eigenvalue weighted by Gasteiger charge is 2.11. The average Bonchev–Trinajstić information content (AvgIpc) is 2.86. The second kappa shape index (κ2) is 6.11. The van der Waals surface area contributed by atoms with Crippen LogP contribution in [0.1, 0.15) is 6.92 Å². The Morgan fingerprint density at radius 3 is 2.08 bits per heavy atom. The van der Waals surface area contributed by atoms with E-state index in [0.29, 0.717) is 10.0 Å². The lowest BCUT2D eigenvalue weighted by molar-refractivity contribution is 0.827. The van der Waals surface area contributed by atoms with Crippen LogP contribution in [0.25, 0.3) is 32.9 Å². The summed E-state index contributed by atoms with van der Waals surface area (Å²) < 4.78 is 3.42. The second-order valence-electron chi connectivity index (χ2n) is 5.80. The van der Waals surface area contributed by atoms with Gasteiger partial charge in [-0.15, -0.1) is 0 Å². The van der Waals surface area contributed by atoms with Crippen molar-refractivity contribution >= 4 is 60.9 Å². The zero-order valence-corrected chi connectivity index (χ0v) is 16.1. The molecule has 0 aliphatic carbocycles. The van der Waals surface area contributed by atoms with Crippen molar-refractivity contribution in [2.75, 3.05) is 0 Å². The number of halogens is 3. The first-order chi connectivity index (χ1) is 11.6. The van der Waals surface area contributed by atoms with Gasteiger partial charge in [0.2, 0.25) is 0 Å². The molecule has 1 nitrogen and oxygen atoms in total. The molecule has 0 bridgehead atoms.